The zero-order chi connectivity index (χ0) is 23.4. The second kappa shape index (κ2) is 9.44. The Balaban J connectivity index is 1.96. The van der Waals surface area contributed by atoms with Gasteiger partial charge in [0.1, 0.15) is 5.82 Å². The Morgan fingerprint density at radius 1 is 0.970 bits per heavy atom. The number of alkyl halides is 3. The quantitative estimate of drug-likeness (QED) is 0.238. The number of H-pyrrole nitrogens is 1. The summed E-state index contributed by atoms with van der Waals surface area (Å²) >= 11 is 0. The lowest BCUT2D eigenvalue weighted by Gasteiger charge is -2.19. The SMILES string of the molecule is CCCNc1ccc(/C(=C(/CC(F)(F)F)c2ccccc2)c2ccc3[nH]nc(F)c3c2)cn1. The highest BCUT2D eigenvalue weighted by Crippen LogP contribution is 2.40. The molecule has 33 heavy (non-hydrogen) atoms. The molecule has 0 saturated heterocycles. The number of rotatable bonds is 7. The number of fused-ring (bicyclic) bond motifs is 1. The Morgan fingerprint density at radius 2 is 1.73 bits per heavy atom. The van der Waals surface area contributed by atoms with Gasteiger partial charge in [0.05, 0.1) is 17.3 Å². The van der Waals surface area contributed by atoms with Crippen LogP contribution < -0.4 is 5.32 Å². The molecule has 2 aromatic carbocycles. The van der Waals surface area contributed by atoms with Crippen LogP contribution in [0.15, 0.2) is 66.9 Å². The molecule has 0 spiro atoms. The van der Waals surface area contributed by atoms with E-state index in [1.165, 1.54) is 6.07 Å². The Morgan fingerprint density at radius 3 is 2.39 bits per heavy atom. The fraction of sp³-hybridized carbons (Fsp3) is 0.200. The van der Waals surface area contributed by atoms with E-state index in [-0.39, 0.29) is 11.0 Å². The van der Waals surface area contributed by atoms with Gasteiger partial charge in [-0.15, -0.1) is 5.10 Å². The van der Waals surface area contributed by atoms with Crippen LogP contribution in [0.2, 0.25) is 0 Å². The number of nitrogens with zero attached hydrogens (tertiary/aromatic N) is 2. The molecule has 4 nitrogen and oxygen atoms in total. The average Bonchev–Trinajstić information content (AvgIpc) is 3.18. The molecule has 4 rings (SSSR count). The largest absolute Gasteiger partial charge is 0.393 e. The summed E-state index contributed by atoms with van der Waals surface area (Å²) < 4.78 is 55.4. The van der Waals surface area contributed by atoms with Crippen LogP contribution in [-0.4, -0.2) is 27.9 Å². The third kappa shape index (κ3) is 5.22. The van der Waals surface area contributed by atoms with E-state index >= 15 is 0 Å². The zero-order valence-electron chi connectivity index (χ0n) is 17.9. The smallest absolute Gasteiger partial charge is 0.370 e. The molecule has 2 N–H and O–H groups in total. The lowest BCUT2D eigenvalue weighted by molar-refractivity contribution is -0.122. The Hall–Kier alpha value is -3.68. The third-order valence-electron chi connectivity index (χ3n) is 5.21. The van der Waals surface area contributed by atoms with Crippen molar-refractivity contribution in [2.24, 2.45) is 0 Å². The minimum Gasteiger partial charge on any atom is -0.370 e. The first-order valence-corrected chi connectivity index (χ1v) is 10.6. The van der Waals surface area contributed by atoms with E-state index in [2.05, 4.69) is 20.5 Å². The first-order chi connectivity index (χ1) is 15.9. The summed E-state index contributed by atoms with van der Waals surface area (Å²) in [5.74, 6) is -0.0751. The van der Waals surface area contributed by atoms with Crippen LogP contribution in [-0.2, 0) is 0 Å². The summed E-state index contributed by atoms with van der Waals surface area (Å²) in [4.78, 5) is 4.39. The molecule has 170 valence electrons. The van der Waals surface area contributed by atoms with E-state index in [0.29, 0.717) is 33.6 Å². The van der Waals surface area contributed by atoms with Gasteiger partial charge in [0.2, 0.25) is 5.95 Å². The maximum absolute atomic E-state index is 14.2. The van der Waals surface area contributed by atoms with Crippen molar-refractivity contribution in [1.82, 2.24) is 15.2 Å². The molecule has 2 aromatic heterocycles. The molecular weight excluding hydrogens is 432 g/mol. The van der Waals surface area contributed by atoms with Crippen LogP contribution in [0.4, 0.5) is 23.4 Å². The maximum Gasteiger partial charge on any atom is 0.393 e. The fourth-order valence-electron chi connectivity index (χ4n) is 3.73. The van der Waals surface area contributed by atoms with Crippen LogP contribution in [0.3, 0.4) is 0 Å². The minimum absolute atomic E-state index is 0.0856. The molecule has 0 fully saturated rings. The standard InChI is InChI=1S/C25H22F4N4/c1-2-12-30-22-11-9-18(15-31-22)23(17-8-10-21-19(13-17)24(26)33-32-21)20(14-25(27,28)29)16-6-4-3-5-7-16/h3-11,13,15H,2,12,14H2,1H3,(H,30,31)(H,32,33)/b23-20-. The van der Waals surface area contributed by atoms with Gasteiger partial charge in [0, 0.05) is 18.3 Å². The topological polar surface area (TPSA) is 53.6 Å². The molecule has 0 aliphatic carbocycles. The maximum atomic E-state index is 14.2. The predicted octanol–water partition coefficient (Wildman–Crippen LogP) is 6.83. The van der Waals surface area contributed by atoms with Gasteiger partial charge in [-0.3, -0.25) is 5.10 Å². The first-order valence-electron chi connectivity index (χ1n) is 10.6. The van der Waals surface area contributed by atoms with Crippen molar-refractivity contribution in [2.45, 2.75) is 25.9 Å². The van der Waals surface area contributed by atoms with Crippen LogP contribution in [0, 0.1) is 5.95 Å². The molecular formula is C25H22F4N4. The first kappa shape index (κ1) is 22.5. The number of benzene rings is 2. The molecule has 0 amide bonds. The Kier molecular flexibility index (Phi) is 6.44. The third-order valence-corrected chi connectivity index (χ3v) is 5.21. The zero-order valence-corrected chi connectivity index (χ0v) is 17.9. The second-order valence-corrected chi connectivity index (χ2v) is 7.65. The lowest BCUT2D eigenvalue weighted by atomic mass is 9.88. The van der Waals surface area contributed by atoms with Crippen molar-refractivity contribution in [3.63, 3.8) is 0 Å². The number of halogens is 4. The normalized spacial score (nSPS) is 12.6. The monoisotopic (exact) mass is 454 g/mol. The summed E-state index contributed by atoms with van der Waals surface area (Å²) in [6, 6.07) is 16.7. The number of aromatic amines is 1. The number of hydrogen-bond acceptors (Lipinski definition) is 3. The average molecular weight is 454 g/mol. The van der Waals surface area contributed by atoms with Gasteiger partial charge in [-0.1, -0.05) is 43.3 Å². The lowest BCUT2D eigenvalue weighted by Crippen LogP contribution is -2.10. The molecule has 8 heteroatoms. The van der Waals surface area contributed by atoms with Crippen LogP contribution in [0.5, 0.6) is 0 Å². The van der Waals surface area contributed by atoms with Gasteiger partial charge in [-0.05, 0) is 53.0 Å². The van der Waals surface area contributed by atoms with E-state index in [9.17, 15) is 17.6 Å². The molecule has 2 heterocycles. The number of nitrogens with one attached hydrogen (secondary N) is 2. The predicted molar refractivity (Wildman–Crippen MR) is 122 cm³/mol. The molecule has 0 saturated carbocycles. The van der Waals surface area contributed by atoms with E-state index in [4.69, 9.17) is 0 Å². The number of anilines is 1. The van der Waals surface area contributed by atoms with Crippen LogP contribution in [0.25, 0.3) is 22.0 Å². The van der Waals surface area contributed by atoms with Gasteiger partial charge in [-0.2, -0.15) is 17.6 Å². The highest BCUT2D eigenvalue weighted by atomic mass is 19.4. The van der Waals surface area contributed by atoms with Crippen molar-refractivity contribution >= 4 is 27.9 Å². The van der Waals surface area contributed by atoms with Crippen molar-refractivity contribution in [1.29, 1.82) is 0 Å². The van der Waals surface area contributed by atoms with E-state index < -0.39 is 18.5 Å². The number of pyridine rings is 1. The summed E-state index contributed by atoms with van der Waals surface area (Å²) in [7, 11) is 0. The van der Waals surface area contributed by atoms with Crippen molar-refractivity contribution in [3.05, 3.63) is 89.5 Å². The molecule has 0 radical (unpaired) electrons. The van der Waals surface area contributed by atoms with Gasteiger partial charge in [-0.25, -0.2) is 4.98 Å². The molecule has 0 bridgehead atoms. The number of hydrogen-bond donors (Lipinski definition) is 2. The summed E-state index contributed by atoms with van der Waals surface area (Å²) in [5, 5.41) is 9.51. The molecule has 0 atom stereocenters. The highest BCUT2D eigenvalue weighted by molar-refractivity contribution is 6.00. The van der Waals surface area contributed by atoms with E-state index in [1.54, 1.807) is 60.8 Å². The van der Waals surface area contributed by atoms with E-state index in [1.807, 2.05) is 6.92 Å². The van der Waals surface area contributed by atoms with Crippen LogP contribution >= 0.6 is 0 Å². The Labute approximate surface area is 188 Å². The van der Waals surface area contributed by atoms with Crippen LogP contribution in [0.1, 0.15) is 36.5 Å². The molecule has 0 aliphatic heterocycles. The summed E-state index contributed by atoms with van der Waals surface area (Å²) in [6.07, 6.45) is -3.14. The molecule has 4 aromatic rings. The van der Waals surface area contributed by atoms with E-state index in [0.717, 1.165) is 13.0 Å². The minimum atomic E-state index is -4.45. The van der Waals surface area contributed by atoms with Gasteiger partial charge in [0.25, 0.3) is 0 Å². The molecule has 0 aliphatic rings. The van der Waals surface area contributed by atoms with Gasteiger partial charge < -0.3 is 5.32 Å². The van der Waals surface area contributed by atoms with Gasteiger partial charge >= 0.3 is 6.18 Å². The number of aromatic nitrogens is 3. The van der Waals surface area contributed by atoms with Crippen molar-refractivity contribution in [3.8, 4) is 0 Å². The summed E-state index contributed by atoms with van der Waals surface area (Å²) in [5.41, 5.74) is 2.28. The number of allylic oxidation sites excluding steroid dienone is 1. The van der Waals surface area contributed by atoms with Gasteiger partial charge in [0.15, 0.2) is 0 Å². The van der Waals surface area contributed by atoms with Crippen molar-refractivity contribution < 1.29 is 17.6 Å². The fourth-order valence-corrected chi connectivity index (χ4v) is 3.73. The van der Waals surface area contributed by atoms with Crippen molar-refractivity contribution in [2.75, 3.05) is 11.9 Å². The summed E-state index contributed by atoms with van der Waals surface area (Å²) in [6.45, 7) is 2.76. The molecule has 0 unspecified atom stereocenters. The highest BCUT2D eigenvalue weighted by Gasteiger charge is 2.31. The Bertz CT molecular complexity index is 1260. The second-order valence-electron chi connectivity index (χ2n) is 7.65.